The van der Waals surface area contributed by atoms with Crippen molar-refractivity contribution in [2.45, 2.75) is 39.0 Å². The predicted molar refractivity (Wildman–Crippen MR) is 71.2 cm³/mol. The molecule has 3 nitrogen and oxygen atoms in total. The summed E-state index contributed by atoms with van der Waals surface area (Å²) in [6.07, 6.45) is 7.40. The van der Waals surface area contributed by atoms with Crippen LogP contribution >= 0.6 is 11.6 Å². The van der Waals surface area contributed by atoms with E-state index in [0.717, 1.165) is 31.0 Å². The smallest absolute Gasteiger partial charge is 0.224 e. The van der Waals surface area contributed by atoms with Gasteiger partial charge in [0.25, 0.3) is 0 Å². The molecule has 2 unspecified atom stereocenters. The average molecular weight is 272 g/mol. The zero-order valence-electron chi connectivity index (χ0n) is 10.6. The molecule has 100 valence electrons. The Morgan fingerprint density at radius 1 is 1.50 bits per heavy atom. The lowest BCUT2D eigenvalue weighted by molar-refractivity contribution is 0.274. The van der Waals surface area contributed by atoms with Crippen LogP contribution in [-0.4, -0.2) is 16.5 Å². The van der Waals surface area contributed by atoms with Gasteiger partial charge in [-0.1, -0.05) is 26.2 Å². The van der Waals surface area contributed by atoms with Gasteiger partial charge in [-0.25, -0.2) is 9.37 Å². The van der Waals surface area contributed by atoms with Crippen molar-refractivity contribution in [1.29, 1.82) is 0 Å². The van der Waals surface area contributed by atoms with Crippen molar-refractivity contribution in [2.24, 2.45) is 11.8 Å². The Labute approximate surface area is 112 Å². The Kier molecular flexibility index (Phi) is 4.75. The minimum absolute atomic E-state index is 0.0742. The lowest BCUT2D eigenvalue weighted by Gasteiger charge is -2.26. The van der Waals surface area contributed by atoms with Gasteiger partial charge in [0, 0.05) is 6.54 Å². The van der Waals surface area contributed by atoms with Crippen LogP contribution < -0.4 is 5.32 Å². The largest absolute Gasteiger partial charge is 0.367 e. The van der Waals surface area contributed by atoms with E-state index in [1.54, 1.807) is 0 Å². The van der Waals surface area contributed by atoms with E-state index < -0.39 is 5.82 Å². The van der Waals surface area contributed by atoms with Crippen LogP contribution in [0.3, 0.4) is 0 Å². The van der Waals surface area contributed by atoms with E-state index in [4.69, 9.17) is 11.6 Å². The molecule has 0 radical (unpaired) electrons. The van der Waals surface area contributed by atoms with Gasteiger partial charge in [-0.05, 0) is 36.3 Å². The van der Waals surface area contributed by atoms with Crippen LogP contribution in [0.5, 0.6) is 0 Å². The molecular weight excluding hydrogens is 253 g/mol. The fraction of sp³-hybridized carbons (Fsp3) is 0.692. The Morgan fingerprint density at radius 2 is 2.33 bits per heavy atom. The van der Waals surface area contributed by atoms with Gasteiger partial charge < -0.3 is 5.32 Å². The molecule has 1 heterocycles. The molecule has 2 atom stereocenters. The second-order valence-corrected chi connectivity index (χ2v) is 5.53. The van der Waals surface area contributed by atoms with Crippen LogP contribution in [0.1, 0.15) is 39.0 Å². The molecule has 1 aliphatic carbocycles. The second kappa shape index (κ2) is 6.32. The van der Waals surface area contributed by atoms with Crippen molar-refractivity contribution < 1.29 is 4.39 Å². The van der Waals surface area contributed by atoms with Crippen LogP contribution in [0.15, 0.2) is 6.20 Å². The Balaban J connectivity index is 1.79. The maximum atomic E-state index is 13.4. The maximum Gasteiger partial charge on any atom is 0.224 e. The average Bonchev–Trinajstić information content (AvgIpc) is 2.34. The zero-order chi connectivity index (χ0) is 13.0. The summed E-state index contributed by atoms with van der Waals surface area (Å²) in [6, 6.07) is 0. The van der Waals surface area contributed by atoms with Crippen LogP contribution in [0.4, 0.5) is 10.2 Å². The molecule has 5 heteroatoms. The molecule has 18 heavy (non-hydrogen) atoms. The maximum absolute atomic E-state index is 13.4. The predicted octanol–water partition coefficient (Wildman–Crippen LogP) is 3.90. The molecule has 0 amide bonds. The first kappa shape index (κ1) is 13.5. The highest BCUT2D eigenvalue weighted by Gasteiger charge is 2.18. The summed E-state index contributed by atoms with van der Waals surface area (Å²) < 4.78 is 13.4. The lowest BCUT2D eigenvalue weighted by Crippen LogP contribution is -2.17. The Morgan fingerprint density at radius 3 is 3.11 bits per heavy atom. The van der Waals surface area contributed by atoms with E-state index >= 15 is 0 Å². The molecule has 0 bridgehead atoms. The number of halogens is 2. The number of hydrogen-bond acceptors (Lipinski definition) is 3. The Bertz CT molecular complexity index is 400. The van der Waals surface area contributed by atoms with Crippen LogP contribution in [0.25, 0.3) is 0 Å². The van der Waals surface area contributed by atoms with E-state index in [-0.39, 0.29) is 11.1 Å². The van der Waals surface area contributed by atoms with Crippen molar-refractivity contribution >= 4 is 17.4 Å². The summed E-state index contributed by atoms with van der Waals surface area (Å²) in [5.74, 6) is 1.34. The molecule has 1 aromatic heterocycles. The van der Waals surface area contributed by atoms with E-state index in [2.05, 4.69) is 22.2 Å². The van der Waals surface area contributed by atoms with Gasteiger partial charge in [-0.15, -0.1) is 0 Å². The van der Waals surface area contributed by atoms with Crippen LogP contribution in [0.2, 0.25) is 5.28 Å². The summed E-state index contributed by atoms with van der Waals surface area (Å²) >= 11 is 5.63. The molecular formula is C13H19ClFN3. The molecule has 0 saturated heterocycles. The van der Waals surface area contributed by atoms with Gasteiger partial charge >= 0.3 is 0 Å². The molecule has 1 fully saturated rings. The van der Waals surface area contributed by atoms with Crippen molar-refractivity contribution in [3.8, 4) is 0 Å². The third kappa shape index (κ3) is 3.80. The summed E-state index contributed by atoms with van der Waals surface area (Å²) in [6.45, 7) is 3.05. The number of hydrogen-bond donors (Lipinski definition) is 1. The molecule has 0 aromatic carbocycles. The van der Waals surface area contributed by atoms with Gasteiger partial charge in [-0.3, -0.25) is 0 Å². The van der Waals surface area contributed by atoms with E-state index in [9.17, 15) is 4.39 Å². The molecule has 1 N–H and O–H groups in total. The number of nitrogens with zero attached hydrogens (tertiary/aromatic N) is 2. The highest BCUT2D eigenvalue weighted by atomic mass is 35.5. The fourth-order valence-electron chi connectivity index (χ4n) is 2.69. The van der Waals surface area contributed by atoms with Gasteiger partial charge in [0.1, 0.15) is 0 Å². The monoisotopic (exact) mass is 271 g/mol. The summed E-state index contributed by atoms with van der Waals surface area (Å²) in [4.78, 5) is 7.43. The number of anilines is 1. The van der Waals surface area contributed by atoms with Crippen molar-refractivity contribution in [3.05, 3.63) is 17.3 Å². The van der Waals surface area contributed by atoms with Gasteiger partial charge in [0.05, 0.1) is 6.20 Å². The lowest BCUT2D eigenvalue weighted by atomic mass is 9.81. The van der Waals surface area contributed by atoms with Crippen LogP contribution in [-0.2, 0) is 0 Å². The Hall–Kier alpha value is -0.900. The zero-order valence-corrected chi connectivity index (χ0v) is 11.4. The quantitative estimate of drug-likeness (QED) is 0.844. The highest BCUT2D eigenvalue weighted by Crippen LogP contribution is 2.30. The van der Waals surface area contributed by atoms with Gasteiger partial charge in [-0.2, -0.15) is 4.98 Å². The molecule has 0 aliphatic heterocycles. The van der Waals surface area contributed by atoms with E-state index in [1.807, 2.05) is 0 Å². The SMILES string of the molecule is CC1CCCC(CCNc2nc(Cl)ncc2F)C1. The molecule has 1 saturated carbocycles. The van der Waals surface area contributed by atoms with Crippen molar-refractivity contribution in [2.75, 3.05) is 11.9 Å². The van der Waals surface area contributed by atoms with E-state index in [1.165, 1.54) is 25.7 Å². The highest BCUT2D eigenvalue weighted by molar-refractivity contribution is 6.28. The first-order valence-electron chi connectivity index (χ1n) is 6.57. The molecule has 0 spiro atoms. The normalized spacial score (nSPS) is 23.9. The minimum Gasteiger partial charge on any atom is -0.367 e. The number of nitrogens with one attached hydrogen (secondary N) is 1. The number of rotatable bonds is 4. The minimum atomic E-state index is -0.448. The first-order chi connectivity index (χ1) is 8.65. The van der Waals surface area contributed by atoms with Crippen molar-refractivity contribution in [3.63, 3.8) is 0 Å². The first-order valence-corrected chi connectivity index (χ1v) is 6.95. The van der Waals surface area contributed by atoms with Gasteiger partial charge in [0.15, 0.2) is 11.6 Å². The summed E-state index contributed by atoms with van der Waals surface area (Å²) in [5.41, 5.74) is 0. The third-order valence-corrected chi connectivity index (χ3v) is 3.79. The summed E-state index contributed by atoms with van der Waals surface area (Å²) in [5, 5.41) is 3.08. The van der Waals surface area contributed by atoms with Crippen molar-refractivity contribution in [1.82, 2.24) is 9.97 Å². The summed E-state index contributed by atoms with van der Waals surface area (Å²) in [7, 11) is 0. The van der Waals surface area contributed by atoms with Gasteiger partial charge in [0.2, 0.25) is 5.28 Å². The molecule has 1 aromatic rings. The van der Waals surface area contributed by atoms with E-state index in [0.29, 0.717) is 0 Å². The standard InChI is InChI=1S/C13H19ClFN3/c1-9-3-2-4-10(7-9)5-6-16-12-11(15)8-17-13(14)18-12/h8-10H,2-7H2,1H3,(H,16,17,18). The second-order valence-electron chi connectivity index (χ2n) is 5.19. The topological polar surface area (TPSA) is 37.8 Å². The molecule has 1 aliphatic rings. The fourth-order valence-corrected chi connectivity index (χ4v) is 2.82. The van der Waals surface area contributed by atoms with Crippen LogP contribution in [0, 0.1) is 17.7 Å². The molecule has 2 rings (SSSR count). The third-order valence-electron chi connectivity index (χ3n) is 3.60. The number of aromatic nitrogens is 2.